The number of anilines is 2. The molecule has 0 aliphatic carbocycles. The summed E-state index contributed by atoms with van der Waals surface area (Å²) in [5.41, 5.74) is 2.91. The molecule has 0 radical (unpaired) electrons. The van der Waals surface area contributed by atoms with Crippen molar-refractivity contribution in [2.75, 3.05) is 43.2 Å². The van der Waals surface area contributed by atoms with Gasteiger partial charge in [0.2, 0.25) is 5.91 Å². The summed E-state index contributed by atoms with van der Waals surface area (Å²) in [7, 11) is 0.0964. The number of nitrogens with one attached hydrogen (secondary N) is 1. The molecular weight excluding hydrogens is 569 g/mol. The second kappa shape index (κ2) is 11.5. The molecule has 0 unspecified atom stereocenters. The van der Waals surface area contributed by atoms with Gasteiger partial charge in [0.15, 0.2) is 15.6 Å². The Bertz CT molecular complexity index is 1480. The van der Waals surface area contributed by atoms with Gasteiger partial charge in [0.05, 0.1) is 17.1 Å². The molecular formula is C26H25Cl2N3O5S2. The Hall–Kier alpha value is -2.76. The number of benzene rings is 2. The molecule has 2 amide bonds. The topological polar surface area (TPSA) is 104 Å². The first-order chi connectivity index (χ1) is 17.9. The Morgan fingerprint density at radius 2 is 1.79 bits per heavy atom. The number of imide groups is 1. The number of amides is 2. The molecule has 8 nitrogen and oxygen atoms in total. The lowest BCUT2D eigenvalue weighted by molar-refractivity contribution is -0.118. The quantitative estimate of drug-likeness (QED) is 0.349. The van der Waals surface area contributed by atoms with Crippen LogP contribution in [0, 0.1) is 0 Å². The fraction of sp³-hybridized carbons (Fsp3) is 0.269. The maximum atomic E-state index is 13.2. The Morgan fingerprint density at radius 3 is 2.42 bits per heavy atom. The van der Waals surface area contributed by atoms with Crippen molar-refractivity contribution in [3.8, 4) is 0 Å². The van der Waals surface area contributed by atoms with Gasteiger partial charge in [0, 0.05) is 30.8 Å². The van der Waals surface area contributed by atoms with E-state index in [4.69, 9.17) is 23.2 Å². The van der Waals surface area contributed by atoms with Crippen molar-refractivity contribution in [3.05, 3.63) is 74.6 Å². The number of likely N-dealkylation sites (N-methyl/N-ethyl adjacent to an activating group) is 1. The second-order valence-corrected chi connectivity index (χ2v) is 13.4. The van der Waals surface area contributed by atoms with Crippen molar-refractivity contribution in [1.29, 1.82) is 0 Å². The second-order valence-electron chi connectivity index (χ2n) is 9.14. The molecule has 3 aromatic rings. The van der Waals surface area contributed by atoms with Crippen molar-refractivity contribution >= 4 is 73.3 Å². The van der Waals surface area contributed by atoms with Crippen LogP contribution >= 0.6 is 34.5 Å². The number of carbonyl (C=O) groups excluding carboxylic acids is 3. The zero-order valence-electron chi connectivity index (χ0n) is 20.7. The van der Waals surface area contributed by atoms with E-state index >= 15 is 0 Å². The van der Waals surface area contributed by atoms with E-state index in [1.165, 1.54) is 6.07 Å². The molecule has 12 heteroatoms. The lowest BCUT2D eigenvalue weighted by Crippen LogP contribution is -2.42. The van der Waals surface area contributed by atoms with E-state index in [9.17, 15) is 22.8 Å². The van der Waals surface area contributed by atoms with Crippen LogP contribution in [0.4, 0.5) is 11.4 Å². The molecule has 38 heavy (non-hydrogen) atoms. The van der Waals surface area contributed by atoms with Crippen LogP contribution in [0.1, 0.15) is 21.5 Å². The number of thiophene rings is 1. The molecule has 2 heterocycles. The van der Waals surface area contributed by atoms with E-state index in [1.54, 1.807) is 30.3 Å². The third kappa shape index (κ3) is 6.44. The highest BCUT2D eigenvalue weighted by Crippen LogP contribution is 2.35. The maximum Gasteiger partial charge on any atom is 0.265 e. The van der Waals surface area contributed by atoms with E-state index in [0.29, 0.717) is 22.4 Å². The van der Waals surface area contributed by atoms with Crippen LogP contribution in [-0.4, -0.2) is 63.9 Å². The van der Waals surface area contributed by atoms with Crippen molar-refractivity contribution < 1.29 is 22.8 Å². The summed E-state index contributed by atoms with van der Waals surface area (Å²) in [5.74, 6) is -1.96. The van der Waals surface area contributed by atoms with Gasteiger partial charge >= 0.3 is 0 Å². The van der Waals surface area contributed by atoms with Gasteiger partial charge < -0.3 is 10.2 Å². The van der Waals surface area contributed by atoms with Crippen LogP contribution in [0.25, 0.3) is 0 Å². The minimum atomic E-state index is -3.87. The minimum absolute atomic E-state index is 0.0601. The number of rotatable bonds is 10. The van der Waals surface area contributed by atoms with Crippen molar-refractivity contribution in [1.82, 2.24) is 4.90 Å². The van der Waals surface area contributed by atoms with E-state index in [-0.39, 0.29) is 32.3 Å². The molecule has 0 saturated carbocycles. The number of hydrogen-bond donors (Lipinski definition) is 1. The molecule has 200 valence electrons. The normalized spacial score (nSPS) is 13.7. The van der Waals surface area contributed by atoms with Crippen molar-refractivity contribution in [2.24, 2.45) is 0 Å². The largest absolute Gasteiger partial charge is 0.384 e. The lowest BCUT2D eigenvalue weighted by atomic mass is 9.97. The average Bonchev–Trinajstić information content (AvgIpc) is 3.18. The summed E-state index contributed by atoms with van der Waals surface area (Å²) in [6.07, 6.45) is -0.0419. The van der Waals surface area contributed by atoms with Crippen LogP contribution in [0.5, 0.6) is 0 Å². The van der Waals surface area contributed by atoms with Crippen LogP contribution in [0.3, 0.4) is 0 Å². The van der Waals surface area contributed by atoms with Gasteiger partial charge in [-0.05, 0) is 61.6 Å². The molecule has 1 aliphatic heterocycles. The number of ketones is 1. The van der Waals surface area contributed by atoms with E-state index in [2.05, 4.69) is 10.2 Å². The third-order valence-corrected chi connectivity index (χ3v) is 10.00. The first-order valence-electron chi connectivity index (χ1n) is 11.6. The maximum absolute atomic E-state index is 13.2. The first kappa shape index (κ1) is 28.3. The number of fused-ring (bicyclic) bond motifs is 1. The molecule has 1 aromatic heterocycles. The van der Waals surface area contributed by atoms with Crippen molar-refractivity contribution in [2.45, 2.75) is 17.1 Å². The summed E-state index contributed by atoms with van der Waals surface area (Å²) < 4.78 is 25.1. The first-order valence-corrected chi connectivity index (χ1v) is 14.8. The van der Waals surface area contributed by atoms with Crippen LogP contribution in [0.15, 0.2) is 52.7 Å². The Kier molecular flexibility index (Phi) is 8.59. The summed E-state index contributed by atoms with van der Waals surface area (Å²) in [6, 6.07) is 13.0. The number of nitrogens with zero attached hydrogens (tertiary/aromatic N) is 2. The number of sulfone groups is 1. The highest BCUT2D eigenvalue weighted by Gasteiger charge is 2.32. The zero-order chi connectivity index (χ0) is 27.6. The van der Waals surface area contributed by atoms with Gasteiger partial charge in [0.1, 0.15) is 14.3 Å². The molecule has 0 spiro atoms. The third-order valence-electron chi connectivity index (χ3n) is 5.89. The lowest BCUT2D eigenvalue weighted by Gasteiger charge is -2.27. The predicted octanol–water partition coefficient (Wildman–Crippen LogP) is 4.34. The van der Waals surface area contributed by atoms with E-state index in [0.717, 1.165) is 35.0 Å². The van der Waals surface area contributed by atoms with Crippen LogP contribution < -0.4 is 10.2 Å². The van der Waals surface area contributed by atoms with Crippen molar-refractivity contribution in [3.63, 3.8) is 0 Å². The molecule has 0 bridgehead atoms. The fourth-order valence-electron chi connectivity index (χ4n) is 4.02. The van der Waals surface area contributed by atoms with E-state index < -0.39 is 27.3 Å². The highest BCUT2D eigenvalue weighted by molar-refractivity contribution is 7.94. The number of halogens is 2. The van der Waals surface area contributed by atoms with Crippen LogP contribution in [0.2, 0.25) is 9.36 Å². The monoisotopic (exact) mass is 593 g/mol. The SMILES string of the molecule is CN(C)CCNc1ccc2c(c1)CC(=O)N(c1ccc(CC(=O)CS(=O)(=O)c3cc(Cl)c(Cl)s3)cc1)C2=O. The number of hydrogen-bond acceptors (Lipinski definition) is 8. The highest BCUT2D eigenvalue weighted by atomic mass is 35.5. The smallest absolute Gasteiger partial charge is 0.265 e. The Morgan fingerprint density at radius 1 is 1.08 bits per heavy atom. The van der Waals surface area contributed by atoms with Crippen LogP contribution in [-0.2, 0) is 32.3 Å². The van der Waals surface area contributed by atoms with E-state index in [1.807, 2.05) is 26.2 Å². The van der Waals surface area contributed by atoms with Gasteiger partial charge in [-0.15, -0.1) is 11.3 Å². The number of carbonyl (C=O) groups is 3. The predicted molar refractivity (Wildman–Crippen MR) is 151 cm³/mol. The summed E-state index contributed by atoms with van der Waals surface area (Å²) in [4.78, 5) is 41.7. The van der Waals surface area contributed by atoms with Gasteiger partial charge in [-0.2, -0.15) is 0 Å². The molecule has 0 atom stereocenters. The summed E-state index contributed by atoms with van der Waals surface area (Å²) in [5, 5.41) is 3.42. The zero-order valence-corrected chi connectivity index (χ0v) is 23.8. The molecule has 4 rings (SSSR count). The van der Waals surface area contributed by atoms with Gasteiger partial charge in [-0.1, -0.05) is 35.3 Å². The summed E-state index contributed by atoms with van der Waals surface area (Å²) in [6.45, 7) is 1.58. The molecule has 0 fully saturated rings. The Labute approximate surface area is 235 Å². The number of Topliss-reactive ketones (excluding diaryl/α,β-unsaturated/α-hetero) is 1. The van der Waals surface area contributed by atoms with Gasteiger partial charge in [-0.25, -0.2) is 13.3 Å². The molecule has 1 aliphatic rings. The molecule has 2 aromatic carbocycles. The molecule has 1 N–H and O–H groups in total. The van der Waals surface area contributed by atoms with Gasteiger partial charge in [-0.3, -0.25) is 14.4 Å². The molecule has 0 saturated heterocycles. The fourth-order valence-corrected chi connectivity index (χ4v) is 7.23. The average molecular weight is 595 g/mol. The Balaban J connectivity index is 1.42. The van der Waals surface area contributed by atoms with Gasteiger partial charge in [0.25, 0.3) is 5.91 Å². The standard InChI is InChI=1S/C26H25Cl2N3O5S2/c1-30(2)10-9-29-18-5-8-21-17(12-18)13-23(33)31(26(21)34)19-6-3-16(4-7-19)11-20(32)15-38(35,36)24-14-22(27)25(28)37-24/h3-8,12,14,29H,9-11,13,15H2,1-2H3. The minimum Gasteiger partial charge on any atom is -0.384 e. The summed E-state index contributed by atoms with van der Waals surface area (Å²) >= 11 is 12.5.